The predicted octanol–water partition coefficient (Wildman–Crippen LogP) is 3.46. The number of nitrogens with zero attached hydrogens (tertiary/aromatic N) is 3. The maximum atomic E-state index is 12.5. The minimum atomic E-state index is -3.57. The number of aryl methyl sites for hydroxylation is 1. The molecule has 2 aromatic carbocycles. The van der Waals surface area contributed by atoms with Gasteiger partial charge in [0.15, 0.2) is 5.84 Å². The number of rotatable bonds is 7. The van der Waals surface area contributed by atoms with Crippen molar-refractivity contribution in [1.29, 1.82) is 5.41 Å². The Kier molecular flexibility index (Phi) is 6.85. The first kappa shape index (κ1) is 23.7. The van der Waals surface area contributed by atoms with Gasteiger partial charge in [-0.25, -0.2) is 8.42 Å². The highest BCUT2D eigenvalue weighted by atomic mass is 32.3. The van der Waals surface area contributed by atoms with E-state index in [2.05, 4.69) is 10.1 Å². The van der Waals surface area contributed by atoms with Crippen molar-refractivity contribution in [2.75, 3.05) is 19.0 Å². The summed E-state index contributed by atoms with van der Waals surface area (Å²) in [6, 6.07) is 14.8. The highest BCUT2D eigenvalue weighted by Crippen LogP contribution is 2.30. The summed E-state index contributed by atoms with van der Waals surface area (Å²) in [6.45, 7) is 4.24. The molecule has 0 bridgehead atoms. The molecule has 0 aliphatic carbocycles. The molecule has 0 saturated carbocycles. The molecule has 1 amide bonds. The van der Waals surface area contributed by atoms with Gasteiger partial charge in [-0.2, -0.15) is 10.0 Å². The molecule has 2 heterocycles. The molecular formula is C23H22N4O5S2. The number of carbonyl (C=O) groups excluding carboxylic acids is 1. The second kappa shape index (κ2) is 9.82. The largest absolute Gasteiger partial charge is 0.490 e. The van der Waals surface area contributed by atoms with Crippen LogP contribution >= 0.6 is 11.8 Å². The molecule has 11 heteroatoms. The number of nitrogens with one attached hydrogen (secondary N) is 1. The molecule has 34 heavy (non-hydrogen) atoms. The number of fused-ring (bicyclic) bond motifs is 1. The van der Waals surface area contributed by atoms with Crippen molar-refractivity contribution in [1.82, 2.24) is 5.01 Å². The second-order valence-electron chi connectivity index (χ2n) is 7.32. The third kappa shape index (κ3) is 5.05. The average Bonchev–Trinajstić information content (AvgIpc) is 3.26. The predicted molar refractivity (Wildman–Crippen MR) is 133 cm³/mol. The lowest BCUT2D eigenvalue weighted by molar-refractivity contribution is -0.114. The van der Waals surface area contributed by atoms with Crippen LogP contribution in [-0.4, -0.2) is 53.7 Å². The van der Waals surface area contributed by atoms with E-state index in [9.17, 15) is 13.2 Å². The fourth-order valence-electron chi connectivity index (χ4n) is 3.08. The molecule has 0 unspecified atom stereocenters. The van der Waals surface area contributed by atoms with E-state index < -0.39 is 15.7 Å². The summed E-state index contributed by atoms with van der Waals surface area (Å²) < 4.78 is 35.4. The molecule has 0 spiro atoms. The van der Waals surface area contributed by atoms with Crippen LogP contribution in [0, 0.1) is 12.3 Å². The van der Waals surface area contributed by atoms with E-state index in [0.29, 0.717) is 24.5 Å². The van der Waals surface area contributed by atoms with Crippen LogP contribution in [0.4, 0.5) is 0 Å². The molecule has 4 rings (SSSR count). The molecule has 2 aliphatic heterocycles. The smallest absolute Gasteiger partial charge is 0.283 e. The van der Waals surface area contributed by atoms with Gasteiger partial charge in [-0.3, -0.25) is 10.2 Å². The Balaban J connectivity index is 1.40. The Morgan fingerprint density at radius 3 is 2.50 bits per heavy atom. The first-order valence-electron chi connectivity index (χ1n) is 10.4. The Hall–Kier alpha value is -3.44. The van der Waals surface area contributed by atoms with Gasteiger partial charge < -0.3 is 9.47 Å². The van der Waals surface area contributed by atoms with E-state index in [1.807, 2.05) is 31.2 Å². The summed E-state index contributed by atoms with van der Waals surface area (Å²) in [5.74, 6) is 0.478. The van der Waals surface area contributed by atoms with Gasteiger partial charge in [0, 0.05) is 0 Å². The Morgan fingerprint density at radius 1 is 1.09 bits per heavy atom. The van der Waals surface area contributed by atoms with Gasteiger partial charge in [-0.05, 0) is 54.1 Å². The number of amides is 1. The summed E-state index contributed by atoms with van der Waals surface area (Å²) in [5.41, 5.74) is 1.73. The Labute approximate surface area is 201 Å². The molecule has 2 aromatic rings. The van der Waals surface area contributed by atoms with Crippen molar-refractivity contribution in [2.45, 2.75) is 13.8 Å². The van der Waals surface area contributed by atoms with Crippen LogP contribution in [0.3, 0.4) is 0 Å². The number of benzene rings is 2. The molecule has 176 valence electrons. The average molecular weight is 499 g/mol. The minimum Gasteiger partial charge on any atom is -0.490 e. The summed E-state index contributed by atoms with van der Waals surface area (Å²) in [4.78, 5) is 16.4. The molecular weight excluding hydrogens is 476 g/mol. The van der Waals surface area contributed by atoms with Gasteiger partial charge >= 0.3 is 0 Å². The van der Waals surface area contributed by atoms with Crippen molar-refractivity contribution >= 4 is 49.0 Å². The lowest BCUT2D eigenvalue weighted by Crippen LogP contribution is -2.35. The van der Waals surface area contributed by atoms with Gasteiger partial charge in [0.25, 0.3) is 5.91 Å². The zero-order valence-electron chi connectivity index (χ0n) is 18.5. The Morgan fingerprint density at radius 2 is 1.79 bits per heavy atom. The number of hydrogen-bond donors (Lipinski definition) is 1. The van der Waals surface area contributed by atoms with Gasteiger partial charge in [-0.1, -0.05) is 37.3 Å². The van der Waals surface area contributed by atoms with E-state index in [0.717, 1.165) is 28.1 Å². The third-order valence-electron chi connectivity index (χ3n) is 4.98. The number of hydrazone groups is 1. The number of sulfone groups is 1. The fraction of sp³-hybridized carbons (Fsp3) is 0.217. The number of aliphatic imine (C=N–C) groups is 1. The summed E-state index contributed by atoms with van der Waals surface area (Å²) in [5, 5.41) is 13.5. The van der Waals surface area contributed by atoms with E-state index in [1.54, 1.807) is 24.3 Å². The Bertz CT molecular complexity index is 1330. The molecule has 2 aliphatic rings. The van der Waals surface area contributed by atoms with Crippen molar-refractivity contribution in [3.05, 3.63) is 65.2 Å². The first-order chi connectivity index (χ1) is 16.3. The standard InChI is InChI=1S/C23H22N4O5S2/c1-3-34(29,30)23-26-27-20(24)18(21(28)25-22(27)33-23)14-16-8-10-17(11-9-16)31-12-13-32-19-7-5-4-6-15(19)2/h4-11,14,24H,3,12-13H2,1-2H3/b18-14-,24-20?. The molecule has 0 aromatic heterocycles. The number of thioether (sulfide) groups is 1. The normalized spacial score (nSPS) is 16.9. The van der Waals surface area contributed by atoms with Crippen molar-refractivity contribution in [3.63, 3.8) is 0 Å². The van der Waals surface area contributed by atoms with E-state index in [1.165, 1.54) is 13.0 Å². The van der Waals surface area contributed by atoms with Crippen LogP contribution in [0.1, 0.15) is 18.1 Å². The fourth-order valence-corrected chi connectivity index (χ4v) is 5.24. The number of amidine groups is 2. The van der Waals surface area contributed by atoms with Crippen molar-refractivity contribution < 1.29 is 22.7 Å². The quantitative estimate of drug-likeness (QED) is 0.458. The zero-order chi connectivity index (χ0) is 24.3. The maximum Gasteiger partial charge on any atom is 0.283 e. The summed E-state index contributed by atoms with van der Waals surface area (Å²) in [6.07, 6.45) is 1.52. The molecule has 0 saturated heterocycles. The van der Waals surface area contributed by atoms with E-state index in [4.69, 9.17) is 14.9 Å². The van der Waals surface area contributed by atoms with Crippen LogP contribution in [-0.2, 0) is 14.6 Å². The van der Waals surface area contributed by atoms with E-state index in [-0.39, 0.29) is 26.7 Å². The number of carbonyl (C=O) groups is 1. The second-order valence-corrected chi connectivity index (χ2v) is 10.7. The topological polar surface area (TPSA) is 121 Å². The molecule has 9 nitrogen and oxygen atoms in total. The summed E-state index contributed by atoms with van der Waals surface area (Å²) in [7, 11) is -3.57. The highest BCUT2D eigenvalue weighted by molar-refractivity contribution is 8.42. The van der Waals surface area contributed by atoms with Gasteiger partial charge in [-0.15, -0.1) is 5.10 Å². The number of ether oxygens (including phenoxy) is 2. The number of hydrogen-bond acceptors (Lipinski definition) is 8. The van der Waals surface area contributed by atoms with Gasteiger partial charge in [0.1, 0.15) is 24.7 Å². The third-order valence-corrected chi connectivity index (χ3v) is 8.07. The van der Waals surface area contributed by atoms with Crippen LogP contribution in [0.15, 0.2) is 64.2 Å². The zero-order valence-corrected chi connectivity index (χ0v) is 20.1. The van der Waals surface area contributed by atoms with Crippen LogP contribution in [0.5, 0.6) is 11.5 Å². The van der Waals surface area contributed by atoms with Crippen LogP contribution in [0.2, 0.25) is 0 Å². The monoisotopic (exact) mass is 498 g/mol. The lowest BCUT2D eigenvalue weighted by Gasteiger charge is -2.20. The van der Waals surface area contributed by atoms with Crippen LogP contribution < -0.4 is 9.47 Å². The van der Waals surface area contributed by atoms with Crippen LogP contribution in [0.25, 0.3) is 6.08 Å². The van der Waals surface area contributed by atoms with E-state index >= 15 is 0 Å². The van der Waals surface area contributed by atoms with Crippen molar-refractivity contribution in [3.8, 4) is 11.5 Å². The molecule has 1 N–H and O–H groups in total. The summed E-state index contributed by atoms with van der Waals surface area (Å²) >= 11 is 0.775. The van der Waals surface area contributed by atoms with Gasteiger partial charge in [0.2, 0.25) is 19.4 Å². The number of para-hydroxylation sites is 1. The first-order valence-corrected chi connectivity index (χ1v) is 12.9. The molecule has 0 radical (unpaired) electrons. The van der Waals surface area contributed by atoms with Crippen molar-refractivity contribution in [2.24, 2.45) is 10.1 Å². The maximum absolute atomic E-state index is 12.5. The molecule has 0 atom stereocenters. The molecule has 0 fully saturated rings. The highest BCUT2D eigenvalue weighted by Gasteiger charge is 2.39. The minimum absolute atomic E-state index is 0.0172. The van der Waals surface area contributed by atoms with Gasteiger partial charge in [0.05, 0.1) is 11.3 Å². The SMILES string of the molecule is CCS(=O)(=O)C1=NN2C(=N)/C(=C/c3ccc(OCCOc4ccccc4C)cc3)C(=O)N=C2S1. The lowest BCUT2D eigenvalue weighted by atomic mass is 10.1.